The molecular weight excluding hydrogens is 290 g/mol. The van der Waals surface area contributed by atoms with E-state index in [1.54, 1.807) is 17.3 Å². The number of nitrogens with one attached hydrogen (secondary N) is 1. The summed E-state index contributed by atoms with van der Waals surface area (Å²) in [4.78, 5) is 21.7. The normalized spacial score (nSPS) is 17.2. The molecule has 1 saturated heterocycles. The molecule has 2 aromatic heterocycles. The molecule has 1 N–H and O–H groups in total. The Morgan fingerprint density at radius 3 is 3.00 bits per heavy atom. The zero-order valence-corrected chi connectivity index (χ0v) is 12.1. The highest BCUT2D eigenvalue weighted by Gasteiger charge is 2.31. The standard InChI is InChI=1S/C14H11N3OS2/c18-13-12(7-11-4-2-6-16-11)20-14(19)17(13)9-10-3-1-5-15-8-10/h1-8,16H,9H2/b12-7-. The van der Waals surface area contributed by atoms with E-state index in [1.165, 1.54) is 11.8 Å². The summed E-state index contributed by atoms with van der Waals surface area (Å²) in [7, 11) is 0. The van der Waals surface area contributed by atoms with Gasteiger partial charge in [0.15, 0.2) is 0 Å². The lowest BCUT2D eigenvalue weighted by molar-refractivity contribution is -0.122. The second-order valence-corrected chi connectivity index (χ2v) is 5.93. The van der Waals surface area contributed by atoms with Crippen LogP contribution in [0.4, 0.5) is 0 Å². The maximum absolute atomic E-state index is 12.4. The van der Waals surface area contributed by atoms with Gasteiger partial charge < -0.3 is 4.98 Å². The van der Waals surface area contributed by atoms with Crippen LogP contribution in [0.5, 0.6) is 0 Å². The van der Waals surface area contributed by atoms with E-state index in [4.69, 9.17) is 12.2 Å². The lowest BCUT2D eigenvalue weighted by Crippen LogP contribution is -2.27. The molecule has 20 heavy (non-hydrogen) atoms. The number of thioether (sulfide) groups is 1. The number of H-pyrrole nitrogens is 1. The van der Waals surface area contributed by atoms with E-state index < -0.39 is 0 Å². The zero-order chi connectivity index (χ0) is 13.9. The highest BCUT2D eigenvalue weighted by Crippen LogP contribution is 2.33. The maximum atomic E-state index is 12.4. The van der Waals surface area contributed by atoms with Crippen LogP contribution < -0.4 is 0 Å². The molecule has 100 valence electrons. The number of carbonyl (C=O) groups excluding carboxylic acids is 1. The van der Waals surface area contributed by atoms with Crippen molar-refractivity contribution in [3.63, 3.8) is 0 Å². The fourth-order valence-corrected chi connectivity index (χ4v) is 3.13. The van der Waals surface area contributed by atoms with Crippen molar-refractivity contribution < 1.29 is 4.79 Å². The number of aromatic nitrogens is 2. The Morgan fingerprint density at radius 1 is 1.40 bits per heavy atom. The monoisotopic (exact) mass is 301 g/mol. The van der Waals surface area contributed by atoms with Crippen LogP contribution in [0.3, 0.4) is 0 Å². The first-order valence-electron chi connectivity index (χ1n) is 6.02. The molecule has 0 saturated carbocycles. The quantitative estimate of drug-likeness (QED) is 0.699. The SMILES string of the molecule is O=C1/C(=C/c2ccc[nH]2)SC(=S)N1Cc1cccnc1. The maximum Gasteiger partial charge on any atom is 0.266 e. The molecule has 1 aliphatic heterocycles. The molecule has 1 aliphatic rings. The second kappa shape index (κ2) is 5.60. The molecule has 0 bridgehead atoms. The van der Waals surface area contributed by atoms with Crippen molar-refractivity contribution in [2.75, 3.05) is 0 Å². The summed E-state index contributed by atoms with van der Waals surface area (Å²) in [5.41, 5.74) is 1.86. The van der Waals surface area contributed by atoms with Gasteiger partial charge in [0.1, 0.15) is 4.32 Å². The zero-order valence-electron chi connectivity index (χ0n) is 10.4. The van der Waals surface area contributed by atoms with Gasteiger partial charge in [-0.2, -0.15) is 0 Å². The van der Waals surface area contributed by atoms with Crippen molar-refractivity contribution in [3.8, 4) is 0 Å². The van der Waals surface area contributed by atoms with Gasteiger partial charge in [0.2, 0.25) is 0 Å². The Hall–Kier alpha value is -1.92. The molecule has 1 fully saturated rings. The van der Waals surface area contributed by atoms with E-state index in [9.17, 15) is 4.79 Å². The number of hydrogen-bond acceptors (Lipinski definition) is 4. The molecule has 3 rings (SSSR count). The van der Waals surface area contributed by atoms with Gasteiger partial charge in [0.05, 0.1) is 11.4 Å². The highest BCUT2D eigenvalue weighted by atomic mass is 32.2. The van der Waals surface area contributed by atoms with E-state index in [1.807, 2.05) is 36.5 Å². The molecule has 0 radical (unpaired) electrons. The lowest BCUT2D eigenvalue weighted by atomic mass is 10.2. The summed E-state index contributed by atoms with van der Waals surface area (Å²) in [6.07, 6.45) is 7.09. The van der Waals surface area contributed by atoms with Crippen molar-refractivity contribution >= 4 is 40.3 Å². The summed E-state index contributed by atoms with van der Waals surface area (Å²) in [5.74, 6) is -0.0570. The first-order valence-corrected chi connectivity index (χ1v) is 7.24. The Balaban J connectivity index is 1.81. The Morgan fingerprint density at radius 2 is 2.30 bits per heavy atom. The molecular formula is C14H11N3OS2. The number of pyridine rings is 1. The summed E-state index contributed by atoms with van der Waals surface area (Å²) < 4.78 is 0.580. The summed E-state index contributed by atoms with van der Waals surface area (Å²) in [5, 5.41) is 0. The highest BCUT2D eigenvalue weighted by molar-refractivity contribution is 8.26. The largest absolute Gasteiger partial charge is 0.362 e. The van der Waals surface area contributed by atoms with Gasteiger partial charge in [-0.05, 0) is 29.8 Å². The van der Waals surface area contributed by atoms with Gasteiger partial charge in [0.25, 0.3) is 5.91 Å². The van der Waals surface area contributed by atoms with Crippen LogP contribution in [0.25, 0.3) is 6.08 Å². The molecule has 4 nitrogen and oxygen atoms in total. The molecule has 1 amide bonds. The third kappa shape index (κ3) is 2.66. The van der Waals surface area contributed by atoms with Crippen LogP contribution in [0.1, 0.15) is 11.3 Å². The number of hydrogen-bond donors (Lipinski definition) is 1. The van der Waals surface area contributed by atoms with E-state index in [0.29, 0.717) is 15.8 Å². The summed E-state index contributed by atoms with van der Waals surface area (Å²) >= 11 is 6.61. The van der Waals surface area contributed by atoms with Gasteiger partial charge in [0, 0.05) is 24.3 Å². The van der Waals surface area contributed by atoms with Crippen molar-refractivity contribution in [2.24, 2.45) is 0 Å². The van der Waals surface area contributed by atoms with E-state index >= 15 is 0 Å². The molecule has 0 unspecified atom stereocenters. The van der Waals surface area contributed by atoms with Gasteiger partial charge in [-0.25, -0.2) is 0 Å². The smallest absolute Gasteiger partial charge is 0.266 e. The van der Waals surface area contributed by atoms with Crippen molar-refractivity contribution in [2.45, 2.75) is 6.54 Å². The predicted octanol–water partition coefficient (Wildman–Crippen LogP) is 2.81. The van der Waals surface area contributed by atoms with Crippen LogP contribution >= 0.6 is 24.0 Å². The minimum absolute atomic E-state index is 0.0570. The minimum Gasteiger partial charge on any atom is -0.362 e. The average Bonchev–Trinajstić information content (AvgIpc) is 3.05. The molecule has 6 heteroatoms. The number of carbonyl (C=O) groups is 1. The van der Waals surface area contributed by atoms with Gasteiger partial charge in [-0.1, -0.05) is 30.0 Å². The van der Waals surface area contributed by atoms with Gasteiger partial charge in [-0.15, -0.1) is 0 Å². The van der Waals surface area contributed by atoms with Gasteiger partial charge >= 0.3 is 0 Å². The van der Waals surface area contributed by atoms with Crippen LogP contribution in [-0.2, 0) is 11.3 Å². The molecule has 0 aromatic carbocycles. The first-order chi connectivity index (χ1) is 9.74. The van der Waals surface area contributed by atoms with Crippen molar-refractivity contribution in [1.29, 1.82) is 0 Å². The fraction of sp³-hybridized carbons (Fsp3) is 0.0714. The number of thiocarbonyl (C=S) groups is 1. The number of rotatable bonds is 3. The van der Waals surface area contributed by atoms with Crippen LogP contribution in [0, 0.1) is 0 Å². The van der Waals surface area contributed by atoms with Gasteiger partial charge in [-0.3, -0.25) is 14.7 Å². The molecule has 3 heterocycles. The molecule has 2 aromatic rings. The van der Waals surface area contributed by atoms with Crippen LogP contribution in [0.15, 0.2) is 47.8 Å². The molecule has 0 atom stereocenters. The summed E-state index contributed by atoms with van der Waals surface area (Å²) in [6, 6.07) is 7.58. The molecule has 0 spiro atoms. The minimum atomic E-state index is -0.0570. The number of aromatic amines is 1. The number of nitrogens with zero attached hydrogens (tertiary/aromatic N) is 2. The van der Waals surface area contributed by atoms with Crippen LogP contribution in [-0.4, -0.2) is 25.1 Å². The third-order valence-corrected chi connectivity index (χ3v) is 4.22. The topological polar surface area (TPSA) is 49.0 Å². The average molecular weight is 301 g/mol. The summed E-state index contributed by atoms with van der Waals surface area (Å²) in [6.45, 7) is 0.459. The van der Waals surface area contributed by atoms with E-state index in [0.717, 1.165) is 11.3 Å². The van der Waals surface area contributed by atoms with Crippen molar-refractivity contribution in [3.05, 3.63) is 59.0 Å². The van der Waals surface area contributed by atoms with E-state index in [-0.39, 0.29) is 5.91 Å². The van der Waals surface area contributed by atoms with Crippen LogP contribution in [0.2, 0.25) is 0 Å². The number of amides is 1. The van der Waals surface area contributed by atoms with E-state index in [2.05, 4.69) is 9.97 Å². The van der Waals surface area contributed by atoms with Crippen molar-refractivity contribution in [1.82, 2.24) is 14.9 Å². The third-order valence-electron chi connectivity index (χ3n) is 2.85. The fourth-order valence-electron chi connectivity index (χ4n) is 1.89. The first kappa shape index (κ1) is 13.1. The Bertz CT molecular complexity index is 665. The molecule has 0 aliphatic carbocycles. The Kier molecular flexibility index (Phi) is 3.66. The predicted molar refractivity (Wildman–Crippen MR) is 83.7 cm³/mol. The Labute approximate surface area is 125 Å². The second-order valence-electron chi connectivity index (χ2n) is 4.25. The lowest BCUT2D eigenvalue weighted by Gasteiger charge is -2.13.